The molecule has 0 bridgehead atoms. The van der Waals surface area contributed by atoms with Gasteiger partial charge in [0.25, 0.3) is 0 Å². The molecule has 0 unspecified atom stereocenters. The summed E-state index contributed by atoms with van der Waals surface area (Å²) in [6.07, 6.45) is -3.98. The van der Waals surface area contributed by atoms with E-state index in [1.54, 1.807) is 0 Å². The number of halogens is 3. The first kappa shape index (κ1) is 22.7. The summed E-state index contributed by atoms with van der Waals surface area (Å²) in [6.45, 7) is 7.37. The molecule has 0 saturated carbocycles. The molecule has 29 heavy (non-hydrogen) atoms. The largest absolute Gasteiger partial charge is 0.444 e. The number of ether oxygens (including phenoxy) is 1. The van der Waals surface area contributed by atoms with Gasteiger partial charge in [0.1, 0.15) is 5.60 Å². The molecule has 4 nitrogen and oxygen atoms in total. The van der Waals surface area contributed by atoms with Gasteiger partial charge in [-0.15, -0.1) is 0 Å². The predicted molar refractivity (Wildman–Crippen MR) is 107 cm³/mol. The molecule has 0 spiro atoms. The first-order chi connectivity index (χ1) is 13.5. The molecule has 0 radical (unpaired) electrons. The maximum absolute atomic E-state index is 12.6. The van der Waals surface area contributed by atoms with Gasteiger partial charge in [0, 0.05) is 13.1 Å². The third kappa shape index (κ3) is 8.15. The molecule has 0 heterocycles. The minimum absolute atomic E-state index is 0.420. The van der Waals surface area contributed by atoms with Crippen molar-refractivity contribution >= 4 is 6.09 Å². The van der Waals surface area contributed by atoms with Crippen LogP contribution < -0.4 is 10.6 Å². The van der Waals surface area contributed by atoms with Crippen molar-refractivity contribution in [2.24, 2.45) is 0 Å². The fourth-order valence-electron chi connectivity index (χ4n) is 2.62. The Morgan fingerprint density at radius 1 is 0.897 bits per heavy atom. The molecule has 0 saturated heterocycles. The minimum Gasteiger partial charge on any atom is -0.444 e. The van der Waals surface area contributed by atoms with E-state index in [1.165, 1.54) is 12.1 Å². The van der Waals surface area contributed by atoms with Crippen LogP contribution in [0.1, 0.15) is 38.3 Å². The molecular weight excluding hydrogens is 381 g/mol. The molecule has 0 fully saturated rings. The highest BCUT2D eigenvalue weighted by molar-refractivity contribution is 5.67. The van der Waals surface area contributed by atoms with E-state index in [-0.39, 0.29) is 0 Å². The molecule has 7 heteroatoms. The van der Waals surface area contributed by atoms with Crippen LogP contribution in [0.15, 0.2) is 48.5 Å². The number of benzene rings is 2. The van der Waals surface area contributed by atoms with Crippen LogP contribution in [0.25, 0.3) is 11.1 Å². The molecular formula is C22H27F3N2O2. The Balaban J connectivity index is 1.72. The Morgan fingerprint density at radius 3 is 1.97 bits per heavy atom. The molecule has 0 atom stereocenters. The number of amides is 1. The van der Waals surface area contributed by atoms with E-state index in [0.717, 1.165) is 41.8 Å². The summed E-state index contributed by atoms with van der Waals surface area (Å²) < 4.78 is 43.1. The maximum Gasteiger partial charge on any atom is 0.416 e. The second-order valence-electron chi connectivity index (χ2n) is 7.73. The number of rotatable bonds is 7. The number of hydrogen-bond acceptors (Lipinski definition) is 3. The molecule has 2 aromatic carbocycles. The molecule has 0 aromatic heterocycles. The first-order valence-corrected chi connectivity index (χ1v) is 9.49. The zero-order valence-electron chi connectivity index (χ0n) is 16.9. The van der Waals surface area contributed by atoms with Crippen molar-refractivity contribution in [3.63, 3.8) is 0 Å². The van der Waals surface area contributed by atoms with Gasteiger partial charge in [-0.3, -0.25) is 0 Å². The van der Waals surface area contributed by atoms with Gasteiger partial charge in [-0.05, 0) is 62.6 Å². The molecule has 0 aliphatic rings. The van der Waals surface area contributed by atoms with Crippen molar-refractivity contribution in [1.29, 1.82) is 0 Å². The Morgan fingerprint density at radius 2 is 1.45 bits per heavy atom. The lowest BCUT2D eigenvalue weighted by Gasteiger charge is -2.19. The van der Waals surface area contributed by atoms with E-state index >= 15 is 0 Å². The third-order valence-corrected chi connectivity index (χ3v) is 4.03. The highest BCUT2D eigenvalue weighted by Gasteiger charge is 2.29. The maximum atomic E-state index is 12.6. The molecule has 0 aliphatic carbocycles. The van der Waals surface area contributed by atoms with Gasteiger partial charge >= 0.3 is 12.3 Å². The monoisotopic (exact) mass is 408 g/mol. The Labute approximate surface area is 169 Å². The summed E-state index contributed by atoms with van der Waals surface area (Å²) in [5.74, 6) is 0. The molecule has 2 N–H and O–H groups in total. The lowest BCUT2D eigenvalue weighted by atomic mass is 10.0. The van der Waals surface area contributed by atoms with Gasteiger partial charge in [0.2, 0.25) is 0 Å². The lowest BCUT2D eigenvalue weighted by Crippen LogP contribution is -2.33. The van der Waals surface area contributed by atoms with Crippen LogP contribution in [-0.2, 0) is 17.5 Å². The van der Waals surface area contributed by atoms with Crippen LogP contribution in [-0.4, -0.2) is 24.8 Å². The van der Waals surface area contributed by atoms with Gasteiger partial charge < -0.3 is 15.4 Å². The topological polar surface area (TPSA) is 50.4 Å². The summed E-state index contributed by atoms with van der Waals surface area (Å²) in [5, 5.41) is 6.00. The van der Waals surface area contributed by atoms with Crippen molar-refractivity contribution in [3.05, 3.63) is 59.7 Å². The van der Waals surface area contributed by atoms with Gasteiger partial charge in [0.15, 0.2) is 0 Å². The third-order valence-electron chi connectivity index (χ3n) is 4.03. The van der Waals surface area contributed by atoms with E-state index in [9.17, 15) is 18.0 Å². The van der Waals surface area contributed by atoms with Crippen LogP contribution in [0, 0.1) is 0 Å². The Hall–Kier alpha value is -2.54. The van der Waals surface area contributed by atoms with E-state index in [4.69, 9.17) is 4.74 Å². The standard InChI is InChI=1S/C22H27F3N2O2/c1-21(2,3)29-20(28)27-14-4-13-26-15-16-5-7-17(8-6-16)18-9-11-19(12-10-18)22(23,24)25/h5-12,26H,4,13-15H2,1-3H3,(H,27,28). The minimum atomic E-state index is -4.32. The van der Waals surface area contributed by atoms with E-state index in [1.807, 2.05) is 45.0 Å². The van der Waals surface area contributed by atoms with Crippen molar-refractivity contribution in [3.8, 4) is 11.1 Å². The fraction of sp³-hybridized carbons (Fsp3) is 0.409. The highest BCUT2D eigenvalue weighted by atomic mass is 19.4. The zero-order valence-corrected chi connectivity index (χ0v) is 16.9. The van der Waals surface area contributed by atoms with Gasteiger partial charge in [0.05, 0.1) is 5.56 Å². The Kier molecular flexibility index (Phi) is 7.67. The van der Waals surface area contributed by atoms with Gasteiger partial charge in [-0.25, -0.2) is 4.79 Å². The summed E-state index contributed by atoms with van der Waals surface area (Å²) in [6, 6.07) is 12.8. The number of carbonyl (C=O) groups is 1. The predicted octanol–water partition coefficient (Wildman–Crippen LogP) is 5.38. The summed E-state index contributed by atoms with van der Waals surface area (Å²) in [5.41, 5.74) is 1.52. The Bertz CT molecular complexity index is 780. The molecule has 0 aliphatic heterocycles. The number of nitrogens with one attached hydrogen (secondary N) is 2. The van der Waals surface area contributed by atoms with Gasteiger partial charge in [-0.2, -0.15) is 13.2 Å². The quantitative estimate of drug-likeness (QED) is 0.605. The molecule has 2 rings (SSSR count). The molecule has 1 amide bonds. The van der Waals surface area contributed by atoms with Crippen molar-refractivity contribution in [2.75, 3.05) is 13.1 Å². The highest BCUT2D eigenvalue weighted by Crippen LogP contribution is 2.31. The van der Waals surface area contributed by atoms with Crippen LogP contribution in [0.3, 0.4) is 0 Å². The molecule has 2 aromatic rings. The number of alkyl halides is 3. The average molecular weight is 408 g/mol. The smallest absolute Gasteiger partial charge is 0.416 e. The zero-order chi connectivity index (χ0) is 21.5. The number of carbonyl (C=O) groups excluding carboxylic acids is 1. The molecule has 158 valence electrons. The van der Waals surface area contributed by atoms with E-state index in [0.29, 0.717) is 13.1 Å². The summed E-state index contributed by atoms with van der Waals surface area (Å²) in [4.78, 5) is 11.5. The fourth-order valence-corrected chi connectivity index (χ4v) is 2.62. The lowest BCUT2D eigenvalue weighted by molar-refractivity contribution is -0.137. The normalized spacial score (nSPS) is 11.9. The van der Waals surface area contributed by atoms with Crippen LogP contribution in [0.4, 0.5) is 18.0 Å². The first-order valence-electron chi connectivity index (χ1n) is 9.49. The van der Waals surface area contributed by atoms with Crippen LogP contribution in [0.5, 0.6) is 0 Å². The van der Waals surface area contributed by atoms with Crippen LogP contribution >= 0.6 is 0 Å². The second kappa shape index (κ2) is 9.78. The van der Waals surface area contributed by atoms with Crippen molar-refractivity contribution < 1.29 is 22.7 Å². The van der Waals surface area contributed by atoms with Crippen molar-refractivity contribution in [2.45, 2.75) is 45.5 Å². The van der Waals surface area contributed by atoms with Gasteiger partial charge in [-0.1, -0.05) is 36.4 Å². The average Bonchev–Trinajstić information content (AvgIpc) is 2.63. The van der Waals surface area contributed by atoms with Crippen molar-refractivity contribution in [1.82, 2.24) is 10.6 Å². The number of hydrogen-bond donors (Lipinski definition) is 2. The second-order valence-corrected chi connectivity index (χ2v) is 7.73. The summed E-state index contributed by atoms with van der Waals surface area (Å²) >= 11 is 0. The van der Waals surface area contributed by atoms with E-state index < -0.39 is 23.4 Å². The number of alkyl carbamates (subject to hydrolysis) is 1. The summed E-state index contributed by atoms with van der Waals surface area (Å²) in [7, 11) is 0. The SMILES string of the molecule is CC(C)(C)OC(=O)NCCCNCc1ccc(-c2ccc(C(F)(F)F)cc2)cc1. The van der Waals surface area contributed by atoms with Crippen LogP contribution in [0.2, 0.25) is 0 Å². The van der Waals surface area contributed by atoms with E-state index in [2.05, 4.69) is 10.6 Å².